The smallest absolute Gasteiger partial charge is 0.347 e. The lowest BCUT2D eigenvalue weighted by atomic mass is 10.0. The zero-order valence-electron chi connectivity index (χ0n) is 17.2. The van der Waals surface area contributed by atoms with E-state index in [1.165, 1.54) is 0 Å². The predicted octanol–water partition coefficient (Wildman–Crippen LogP) is 6.39. The van der Waals surface area contributed by atoms with Crippen LogP contribution in [0.25, 0.3) is 55.5 Å². The Morgan fingerprint density at radius 2 is 1.00 bits per heavy atom. The second-order valence-corrected chi connectivity index (χ2v) is 10.2. The van der Waals surface area contributed by atoms with Crippen LogP contribution in [0.15, 0.2) is 91.2 Å². The molecular formula is C26H12I2N2O4. The van der Waals surface area contributed by atoms with Crippen LogP contribution in [0.4, 0.5) is 0 Å². The molecule has 0 aliphatic rings. The van der Waals surface area contributed by atoms with Gasteiger partial charge in [-0.2, -0.15) is 0 Å². The monoisotopic (exact) mass is 670 g/mol. The fraction of sp³-hybridized carbons (Fsp3) is 0. The highest BCUT2D eigenvalue weighted by atomic mass is 127. The molecule has 0 N–H and O–H groups in total. The molecule has 0 radical (unpaired) electrons. The number of benzene rings is 4. The van der Waals surface area contributed by atoms with E-state index < -0.39 is 11.3 Å². The minimum absolute atomic E-state index is 0.265. The molecule has 0 atom stereocenters. The summed E-state index contributed by atoms with van der Waals surface area (Å²) in [6, 6.07) is 22.3. The van der Waals surface area contributed by atoms with Crippen molar-refractivity contribution in [2.24, 2.45) is 0 Å². The first-order valence-electron chi connectivity index (χ1n) is 10.2. The standard InChI is InChI=1S/C26H12I2N2O4/c27-17-5-7-21-19(11-17)25(31)33-23(29-21)15-3-1-13-9-16(4-2-14(13)10-15)24-30-22-8-6-18(28)12-20(22)26(32)34-24/h1-12H. The Labute approximate surface area is 218 Å². The maximum absolute atomic E-state index is 12.5. The molecule has 0 bridgehead atoms. The van der Waals surface area contributed by atoms with E-state index in [9.17, 15) is 9.59 Å². The third-order valence-corrected chi connectivity index (χ3v) is 6.86. The minimum Gasteiger partial charge on any atom is -0.403 e. The van der Waals surface area contributed by atoms with Crippen LogP contribution in [-0.4, -0.2) is 9.97 Å². The highest BCUT2D eigenvalue weighted by molar-refractivity contribution is 14.1. The van der Waals surface area contributed by atoms with Crippen molar-refractivity contribution in [1.29, 1.82) is 0 Å². The SMILES string of the molecule is O=c1oc(-c2ccc3cc(-c4nc5ccc(I)cc5c(=O)o4)ccc3c2)nc2ccc(I)cc12. The number of halogens is 2. The molecule has 0 spiro atoms. The van der Waals surface area contributed by atoms with Gasteiger partial charge in [-0.3, -0.25) is 0 Å². The molecule has 2 heterocycles. The van der Waals surface area contributed by atoms with Gasteiger partial charge in [0.1, 0.15) is 0 Å². The summed E-state index contributed by atoms with van der Waals surface area (Å²) in [7, 11) is 0. The van der Waals surface area contributed by atoms with Crippen LogP contribution in [0.2, 0.25) is 0 Å². The molecule has 0 unspecified atom stereocenters. The molecule has 6 rings (SSSR count). The maximum atomic E-state index is 12.5. The number of rotatable bonds is 2. The normalized spacial score (nSPS) is 11.5. The van der Waals surface area contributed by atoms with Crippen molar-refractivity contribution >= 4 is 77.8 Å². The van der Waals surface area contributed by atoms with Crippen molar-refractivity contribution < 1.29 is 8.83 Å². The van der Waals surface area contributed by atoms with Crippen molar-refractivity contribution in [3.05, 3.63) is 101 Å². The average molecular weight is 670 g/mol. The second kappa shape index (κ2) is 8.27. The number of hydrogen-bond acceptors (Lipinski definition) is 6. The quantitative estimate of drug-likeness (QED) is 0.199. The first-order chi connectivity index (χ1) is 16.4. The third kappa shape index (κ3) is 3.80. The summed E-state index contributed by atoms with van der Waals surface area (Å²) < 4.78 is 12.9. The van der Waals surface area contributed by atoms with Crippen LogP contribution in [0.1, 0.15) is 0 Å². The van der Waals surface area contributed by atoms with Crippen LogP contribution in [0.5, 0.6) is 0 Å². The first kappa shape index (κ1) is 21.4. The second-order valence-electron chi connectivity index (χ2n) is 7.71. The van der Waals surface area contributed by atoms with Crippen molar-refractivity contribution in [2.45, 2.75) is 0 Å². The summed E-state index contributed by atoms with van der Waals surface area (Å²) in [6.45, 7) is 0. The van der Waals surface area contributed by atoms with Gasteiger partial charge in [0.05, 0.1) is 21.8 Å². The lowest BCUT2D eigenvalue weighted by molar-refractivity contribution is 0.518. The van der Waals surface area contributed by atoms with Gasteiger partial charge in [0.15, 0.2) is 0 Å². The fourth-order valence-corrected chi connectivity index (χ4v) is 4.83. The highest BCUT2D eigenvalue weighted by Gasteiger charge is 2.12. The predicted molar refractivity (Wildman–Crippen MR) is 148 cm³/mol. The Hall–Kier alpha value is -3.12. The Kier molecular flexibility index (Phi) is 5.21. The summed E-state index contributed by atoms with van der Waals surface area (Å²) in [5.41, 5.74) is 1.75. The lowest BCUT2D eigenvalue weighted by Crippen LogP contribution is -2.03. The van der Waals surface area contributed by atoms with E-state index in [0.717, 1.165) is 17.9 Å². The van der Waals surface area contributed by atoms with E-state index >= 15 is 0 Å². The van der Waals surface area contributed by atoms with Crippen LogP contribution in [0, 0.1) is 7.14 Å². The summed E-state index contributed by atoms with van der Waals surface area (Å²) in [4.78, 5) is 34.0. The Bertz CT molecular complexity index is 1750. The zero-order chi connectivity index (χ0) is 23.4. The van der Waals surface area contributed by atoms with Crippen molar-refractivity contribution in [1.82, 2.24) is 9.97 Å². The highest BCUT2D eigenvalue weighted by Crippen LogP contribution is 2.28. The summed E-state index contributed by atoms with van der Waals surface area (Å²) in [5.74, 6) is 0.531. The van der Waals surface area contributed by atoms with E-state index in [0.29, 0.717) is 32.9 Å². The van der Waals surface area contributed by atoms with Crippen molar-refractivity contribution in [3.63, 3.8) is 0 Å². The van der Waals surface area contributed by atoms with Gasteiger partial charge in [-0.15, -0.1) is 0 Å². The molecule has 0 fully saturated rings. The van der Waals surface area contributed by atoms with Gasteiger partial charge in [0.2, 0.25) is 11.8 Å². The first-order valence-corrected chi connectivity index (χ1v) is 12.4. The maximum Gasteiger partial charge on any atom is 0.347 e. The molecular weight excluding hydrogens is 658 g/mol. The molecule has 2 aromatic heterocycles. The molecule has 164 valence electrons. The number of nitrogens with zero attached hydrogens (tertiary/aromatic N) is 2. The van der Waals surface area contributed by atoms with Gasteiger partial charge >= 0.3 is 11.3 Å². The minimum atomic E-state index is -0.416. The molecule has 0 amide bonds. The van der Waals surface area contributed by atoms with Gasteiger partial charge in [0.25, 0.3) is 0 Å². The van der Waals surface area contributed by atoms with Crippen LogP contribution in [-0.2, 0) is 0 Å². The summed E-state index contributed by atoms with van der Waals surface area (Å²) in [5, 5.41) is 2.76. The van der Waals surface area contributed by atoms with E-state index in [1.807, 2.05) is 60.7 Å². The van der Waals surface area contributed by atoms with Gasteiger partial charge in [-0.05, 0) is 117 Å². The van der Waals surface area contributed by atoms with Crippen LogP contribution < -0.4 is 11.3 Å². The van der Waals surface area contributed by atoms with Gasteiger partial charge in [0, 0.05) is 18.3 Å². The average Bonchev–Trinajstić information content (AvgIpc) is 2.84. The topological polar surface area (TPSA) is 86.2 Å². The van der Waals surface area contributed by atoms with Gasteiger partial charge in [-0.1, -0.05) is 12.1 Å². The Morgan fingerprint density at radius 1 is 0.559 bits per heavy atom. The van der Waals surface area contributed by atoms with Gasteiger partial charge < -0.3 is 8.83 Å². The van der Waals surface area contributed by atoms with E-state index in [4.69, 9.17) is 8.83 Å². The third-order valence-electron chi connectivity index (χ3n) is 5.51. The molecule has 0 saturated carbocycles. The number of hydrogen-bond donors (Lipinski definition) is 0. The van der Waals surface area contributed by atoms with E-state index in [-0.39, 0.29) is 11.8 Å². The number of aromatic nitrogens is 2. The Morgan fingerprint density at radius 3 is 1.44 bits per heavy atom. The van der Waals surface area contributed by atoms with Crippen LogP contribution >= 0.6 is 45.2 Å². The summed E-state index contributed by atoms with van der Waals surface area (Å²) >= 11 is 4.30. The molecule has 0 aliphatic carbocycles. The molecule has 6 aromatic rings. The van der Waals surface area contributed by atoms with Gasteiger partial charge in [-0.25, -0.2) is 19.6 Å². The molecule has 34 heavy (non-hydrogen) atoms. The van der Waals surface area contributed by atoms with Crippen molar-refractivity contribution in [2.75, 3.05) is 0 Å². The molecule has 0 aliphatic heterocycles. The zero-order valence-corrected chi connectivity index (χ0v) is 21.5. The molecule has 0 saturated heterocycles. The van der Waals surface area contributed by atoms with E-state index in [1.54, 1.807) is 12.1 Å². The largest absolute Gasteiger partial charge is 0.403 e. The summed E-state index contributed by atoms with van der Waals surface area (Å²) in [6.07, 6.45) is 0. The number of fused-ring (bicyclic) bond motifs is 3. The lowest BCUT2D eigenvalue weighted by Gasteiger charge is -2.06. The van der Waals surface area contributed by atoms with E-state index in [2.05, 4.69) is 55.1 Å². The molecule has 4 aromatic carbocycles. The molecule has 8 heteroatoms. The molecule has 6 nitrogen and oxygen atoms in total. The Balaban J connectivity index is 1.43. The van der Waals surface area contributed by atoms with Crippen LogP contribution in [0.3, 0.4) is 0 Å². The fourth-order valence-electron chi connectivity index (χ4n) is 3.85. The van der Waals surface area contributed by atoms with Crippen molar-refractivity contribution in [3.8, 4) is 22.9 Å².